The zero-order chi connectivity index (χ0) is 18.5. The summed E-state index contributed by atoms with van der Waals surface area (Å²) in [5, 5.41) is 12.1. The molecule has 2 aromatic heterocycles. The molecule has 144 valence electrons. The van der Waals surface area contributed by atoms with Crippen LogP contribution >= 0.6 is 11.8 Å². The third-order valence-electron chi connectivity index (χ3n) is 5.24. The monoisotopic (exact) mass is 387 g/mol. The maximum atomic E-state index is 12.3. The summed E-state index contributed by atoms with van der Waals surface area (Å²) in [6.45, 7) is 2.48. The van der Waals surface area contributed by atoms with Crippen LogP contribution in [-0.4, -0.2) is 50.7 Å². The normalized spacial score (nSPS) is 20.7. The van der Waals surface area contributed by atoms with E-state index in [-0.39, 0.29) is 11.9 Å². The van der Waals surface area contributed by atoms with Gasteiger partial charge in [0.15, 0.2) is 0 Å². The fourth-order valence-electron chi connectivity index (χ4n) is 3.77. The van der Waals surface area contributed by atoms with Crippen molar-refractivity contribution in [3.63, 3.8) is 0 Å². The van der Waals surface area contributed by atoms with E-state index in [0.29, 0.717) is 11.7 Å². The second kappa shape index (κ2) is 8.84. The van der Waals surface area contributed by atoms with E-state index in [1.54, 1.807) is 24.2 Å². The van der Waals surface area contributed by atoms with Crippen molar-refractivity contribution in [2.24, 2.45) is 0 Å². The Morgan fingerprint density at radius 3 is 2.81 bits per heavy atom. The second-order valence-corrected chi connectivity index (χ2v) is 8.12. The van der Waals surface area contributed by atoms with Gasteiger partial charge in [0.2, 0.25) is 5.91 Å². The second-order valence-electron chi connectivity index (χ2n) is 7.08. The fraction of sp³-hybridized carbons (Fsp3) is 0.579. The van der Waals surface area contributed by atoms with Crippen molar-refractivity contribution < 1.29 is 9.53 Å². The Morgan fingerprint density at radius 2 is 2.00 bits per heavy atom. The molecule has 1 fully saturated rings. The van der Waals surface area contributed by atoms with Crippen molar-refractivity contribution in [3.05, 3.63) is 36.2 Å². The largest absolute Gasteiger partial charge is 0.381 e. The molecule has 1 N–H and O–H groups in total. The highest BCUT2D eigenvalue weighted by molar-refractivity contribution is 8.00. The Labute approximate surface area is 163 Å². The topological polar surface area (TPSA) is 81.9 Å². The Kier molecular flexibility index (Phi) is 6.03. The Bertz CT molecular complexity index is 761. The van der Waals surface area contributed by atoms with Crippen molar-refractivity contribution in [1.29, 1.82) is 0 Å². The van der Waals surface area contributed by atoms with Crippen molar-refractivity contribution in [2.75, 3.05) is 19.0 Å². The molecule has 1 amide bonds. The number of thioether (sulfide) groups is 1. The van der Waals surface area contributed by atoms with Gasteiger partial charge in [0, 0.05) is 55.4 Å². The molecule has 0 radical (unpaired) electrons. The van der Waals surface area contributed by atoms with E-state index >= 15 is 0 Å². The highest BCUT2D eigenvalue weighted by Crippen LogP contribution is 2.28. The zero-order valence-corrected chi connectivity index (χ0v) is 16.2. The summed E-state index contributed by atoms with van der Waals surface area (Å²) in [7, 11) is 0. The smallest absolute Gasteiger partial charge is 0.230 e. The molecule has 1 atom stereocenters. The summed E-state index contributed by atoms with van der Waals surface area (Å²) in [6.07, 6.45) is 8.23. The van der Waals surface area contributed by atoms with Crippen LogP contribution < -0.4 is 5.32 Å². The number of rotatable bonds is 5. The van der Waals surface area contributed by atoms with Gasteiger partial charge in [-0.05, 0) is 37.8 Å². The van der Waals surface area contributed by atoms with E-state index in [9.17, 15) is 4.79 Å². The molecule has 2 aliphatic rings. The number of aromatic nitrogens is 4. The quantitative estimate of drug-likeness (QED) is 0.792. The first-order chi connectivity index (χ1) is 13.3. The lowest BCUT2D eigenvalue weighted by atomic mass is 9.99. The number of hydrogen-bond acceptors (Lipinski definition) is 6. The number of ether oxygens (including phenoxy) is 1. The number of pyridine rings is 1. The maximum Gasteiger partial charge on any atom is 0.230 e. The molecule has 27 heavy (non-hydrogen) atoms. The van der Waals surface area contributed by atoms with Crippen molar-refractivity contribution in [1.82, 2.24) is 25.1 Å². The van der Waals surface area contributed by atoms with Crippen molar-refractivity contribution in [3.8, 4) is 0 Å². The Morgan fingerprint density at radius 1 is 1.19 bits per heavy atom. The lowest BCUT2D eigenvalue weighted by Gasteiger charge is -2.22. The predicted molar refractivity (Wildman–Crippen MR) is 103 cm³/mol. The van der Waals surface area contributed by atoms with Gasteiger partial charge in [-0.25, -0.2) is 0 Å². The third kappa shape index (κ3) is 4.68. The number of hydrogen-bond donors (Lipinski definition) is 1. The molecular formula is C19H25N5O2S. The third-order valence-corrected chi connectivity index (χ3v) is 6.26. The first kappa shape index (κ1) is 18.4. The number of nitrogens with zero attached hydrogens (tertiary/aromatic N) is 4. The summed E-state index contributed by atoms with van der Waals surface area (Å²) in [5.74, 6) is 3.12. The van der Waals surface area contributed by atoms with E-state index in [2.05, 4.69) is 25.1 Å². The maximum absolute atomic E-state index is 12.3. The van der Waals surface area contributed by atoms with Gasteiger partial charge in [0.25, 0.3) is 0 Å². The van der Waals surface area contributed by atoms with Crippen LogP contribution in [-0.2, 0) is 22.5 Å². The van der Waals surface area contributed by atoms with Crippen LogP contribution in [0.4, 0.5) is 0 Å². The standard InChI is InChI=1S/C19H25N5O2S/c25-18(13-27-16-3-8-20-9-4-16)21-15-1-2-17-22-23-19(24(17)10-5-15)14-6-11-26-12-7-14/h3-4,8-9,14-15H,1-2,5-7,10-13H2,(H,21,25). The molecule has 1 unspecified atom stereocenters. The first-order valence-electron chi connectivity index (χ1n) is 9.61. The van der Waals surface area contributed by atoms with Gasteiger partial charge in [-0.1, -0.05) is 0 Å². The SMILES string of the molecule is O=C(CSc1ccncc1)NC1CCc2nnc(C3CCOCC3)n2CC1. The first-order valence-corrected chi connectivity index (χ1v) is 10.6. The molecule has 8 heteroatoms. The molecule has 4 rings (SSSR count). The van der Waals surface area contributed by atoms with Crippen molar-refractivity contribution in [2.45, 2.75) is 55.5 Å². The molecule has 1 saturated heterocycles. The van der Waals surface area contributed by atoms with Crippen LogP contribution in [0, 0.1) is 0 Å². The van der Waals surface area contributed by atoms with Gasteiger partial charge < -0.3 is 14.6 Å². The number of fused-ring (bicyclic) bond motifs is 1. The van der Waals surface area contributed by atoms with Crippen LogP contribution in [0.3, 0.4) is 0 Å². The van der Waals surface area contributed by atoms with Crippen LogP contribution in [0.2, 0.25) is 0 Å². The highest BCUT2D eigenvalue weighted by Gasteiger charge is 2.26. The van der Waals surface area contributed by atoms with Gasteiger partial charge in [0.05, 0.1) is 5.75 Å². The Hall–Kier alpha value is -1.93. The molecule has 2 aliphatic heterocycles. The van der Waals surface area contributed by atoms with Crippen LogP contribution in [0.1, 0.15) is 43.3 Å². The number of nitrogens with one attached hydrogen (secondary N) is 1. The minimum absolute atomic E-state index is 0.0872. The molecule has 0 aliphatic carbocycles. The van der Waals surface area contributed by atoms with Gasteiger partial charge in [-0.2, -0.15) is 0 Å². The van der Waals surface area contributed by atoms with Gasteiger partial charge >= 0.3 is 0 Å². The number of aryl methyl sites for hydroxylation is 1. The van der Waals surface area contributed by atoms with E-state index in [1.807, 2.05) is 12.1 Å². The number of amides is 1. The molecule has 0 saturated carbocycles. The molecule has 7 nitrogen and oxygen atoms in total. The summed E-state index contributed by atoms with van der Waals surface area (Å²) in [5.41, 5.74) is 0. The molecule has 0 bridgehead atoms. The van der Waals surface area contributed by atoms with Gasteiger partial charge in [-0.15, -0.1) is 22.0 Å². The van der Waals surface area contributed by atoms with Crippen LogP contribution in [0.15, 0.2) is 29.4 Å². The summed E-state index contributed by atoms with van der Waals surface area (Å²) in [4.78, 5) is 17.4. The van der Waals surface area contributed by atoms with E-state index in [4.69, 9.17) is 4.74 Å². The van der Waals surface area contributed by atoms with Crippen LogP contribution in [0.25, 0.3) is 0 Å². The van der Waals surface area contributed by atoms with Gasteiger partial charge in [0.1, 0.15) is 11.6 Å². The average molecular weight is 388 g/mol. The average Bonchev–Trinajstić information content (AvgIpc) is 3.02. The van der Waals surface area contributed by atoms with E-state index < -0.39 is 0 Å². The Balaban J connectivity index is 1.30. The van der Waals surface area contributed by atoms with Crippen LogP contribution in [0.5, 0.6) is 0 Å². The molecule has 0 spiro atoms. The van der Waals surface area contributed by atoms with E-state index in [0.717, 1.165) is 68.4 Å². The van der Waals surface area contributed by atoms with E-state index in [1.165, 1.54) is 0 Å². The predicted octanol–water partition coefficient (Wildman–Crippen LogP) is 2.18. The molecule has 2 aromatic rings. The summed E-state index contributed by atoms with van der Waals surface area (Å²) < 4.78 is 7.76. The molecular weight excluding hydrogens is 362 g/mol. The highest BCUT2D eigenvalue weighted by atomic mass is 32.2. The summed E-state index contributed by atoms with van der Waals surface area (Å²) >= 11 is 1.54. The zero-order valence-electron chi connectivity index (χ0n) is 15.3. The molecule has 0 aromatic carbocycles. The lowest BCUT2D eigenvalue weighted by molar-refractivity contribution is -0.119. The molecule has 4 heterocycles. The number of carbonyl (C=O) groups excluding carboxylic acids is 1. The minimum Gasteiger partial charge on any atom is -0.381 e. The summed E-state index contributed by atoms with van der Waals surface area (Å²) in [6, 6.07) is 4.04. The number of carbonyl (C=O) groups is 1. The fourth-order valence-corrected chi connectivity index (χ4v) is 4.46. The lowest BCUT2D eigenvalue weighted by Crippen LogP contribution is -2.36. The minimum atomic E-state index is 0.0872. The van der Waals surface area contributed by atoms with Crippen molar-refractivity contribution >= 4 is 17.7 Å². The van der Waals surface area contributed by atoms with Gasteiger partial charge in [-0.3, -0.25) is 9.78 Å².